The molecule has 0 aromatic heterocycles. The molecular formula is C16H30O3. The second-order valence-electron chi connectivity index (χ2n) is 7.36. The van der Waals surface area contributed by atoms with Crippen molar-refractivity contribution in [1.82, 2.24) is 0 Å². The van der Waals surface area contributed by atoms with Crippen LogP contribution in [0.3, 0.4) is 0 Å². The van der Waals surface area contributed by atoms with Crippen molar-refractivity contribution in [2.45, 2.75) is 65.6 Å². The van der Waals surface area contributed by atoms with Crippen molar-refractivity contribution in [3.8, 4) is 0 Å². The first kappa shape index (κ1) is 15.3. The van der Waals surface area contributed by atoms with Crippen molar-refractivity contribution in [2.75, 3.05) is 26.4 Å². The topological polar surface area (TPSA) is 27.7 Å². The summed E-state index contributed by atoms with van der Waals surface area (Å²) in [5, 5.41) is 0. The summed E-state index contributed by atoms with van der Waals surface area (Å²) in [4.78, 5) is 0. The Balaban J connectivity index is 1.90. The second kappa shape index (κ2) is 4.71. The predicted molar refractivity (Wildman–Crippen MR) is 76.3 cm³/mol. The van der Waals surface area contributed by atoms with Crippen LogP contribution in [0.2, 0.25) is 0 Å². The first-order chi connectivity index (χ1) is 8.74. The van der Waals surface area contributed by atoms with Crippen LogP contribution in [0, 0.1) is 10.8 Å². The van der Waals surface area contributed by atoms with Crippen molar-refractivity contribution in [3.05, 3.63) is 0 Å². The minimum atomic E-state index is -0.0488. The zero-order valence-electron chi connectivity index (χ0n) is 13.5. The third kappa shape index (κ3) is 2.14. The Hall–Kier alpha value is -0.120. The van der Waals surface area contributed by atoms with Gasteiger partial charge >= 0.3 is 0 Å². The van der Waals surface area contributed by atoms with Gasteiger partial charge in [0.25, 0.3) is 0 Å². The van der Waals surface area contributed by atoms with E-state index in [1.165, 1.54) is 0 Å². The van der Waals surface area contributed by atoms with Gasteiger partial charge in [-0.2, -0.15) is 0 Å². The molecule has 2 atom stereocenters. The van der Waals surface area contributed by atoms with Gasteiger partial charge in [0.05, 0.1) is 37.6 Å². The Bertz CT molecular complexity index is 297. The van der Waals surface area contributed by atoms with Crippen molar-refractivity contribution < 1.29 is 14.2 Å². The normalized spacial score (nSPS) is 39.5. The zero-order chi connectivity index (χ0) is 14.4. The van der Waals surface area contributed by atoms with E-state index < -0.39 is 0 Å². The van der Waals surface area contributed by atoms with Gasteiger partial charge < -0.3 is 14.2 Å². The molecule has 3 heteroatoms. The molecule has 2 aliphatic rings. The van der Waals surface area contributed by atoms with Crippen molar-refractivity contribution in [2.24, 2.45) is 10.8 Å². The maximum atomic E-state index is 6.14. The smallest absolute Gasteiger partial charge is 0.0726 e. The molecule has 0 saturated carbocycles. The third-order valence-corrected chi connectivity index (χ3v) is 6.08. The van der Waals surface area contributed by atoms with E-state index in [2.05, 4.69) is 41.5 Å². The van der Waals surface area contributed by atoms with Crippen molar-refractivity contribution >= 4 is 0 Å². The van der Waals surface area contributed by atoms with Crippen LogP contribution in [0.25, 0.3) is 0 Å². The van der Waals surface area contributed by atoms with Gasteiger partial charge in [-0.25, -0.2) is 0 Å². The van der Waals surface area contributed by atoms with E-state index in [0.29, 0.717) is 0 Å². The number of rotatable bonds is 6. The fourth-order valence-corrected chi connectivity index (χ4v) is 3.26. The van der Waals surface area contributed by atoms with Crippen LogP contribution in [0.5, 0.6) is 0 Å². The van der Waals surface area contributed by atoms with Gasteiger partial charge in [0.1, 0.15) is 0 Å². The fraction of sp³-hybridized carbons (Fsp3) is 1.00. The highest BCUT2D eigenvalue weighted by Crippen LogP contribution is 2.50. The summed E-state index contributed by atoms with van der Waals surface area (Å²) in [6.07, 6.45) is 2.22. The molecule has 2 heterocycles. The lowest BCUT2D eigenvalue weighted by molar-refractivity contribution is -0.294. The maximum absolute atomic E-state index is 6.14. The largest absolute Gasteiger partial charge is 0.380 e. The minimum Gasteiger partial charge on any atom is -0.380 e. The monoisotopic (exact) mass is 270 g/mol. The van der Waals surface area contributed by atoms with Gasteiger partial charge in [-0.05, 0) is 40.5 Å². The number of ether oxygens (including phenoxy) is 3. The molecule has 2 rings (SSSR count). The Kier molecular flexibility index (Phi) is 3.79. The molecule has 0 bridgehead atoms. The molecule has 2 aliphatic heterocycles. The summed E-state index contributed by atoms with van der Waals surface area (Å²) < 4.78 is 17.6. The molecule has 19 heavy (non-hydrogen) atoms. The SMILES string of the molecule is CCC1(COCC2(CC)COC2(C)C)COC1(C)C. The van der Waals surface area contributed by atoms with Crippen LogP contribution in [0.1, 0.15) is 54.4 Å². The van der Waals surface area contributed by atoms with Gasteiger partial charge in [-0.3, -0.25) is 0 Å². The van der Waals surface area contributed by atoms with Gasteiger partial charge in [-0.15, -0.1) is 0 Å². The molecule has 3 nitrogen and oxygen atoms in total. The molecule has 0 aromatic rings. The Labute approximate surface area is 118 Å². The van der Waals surface area contributed by atoms with Gasteiger partial charge in [0, 0.05) is 10.8 Å². The Morgan fingerprint density at radius 2 is 1.16 bits per heavy atom. The molecule has 0 spiro atoms. The molecule has 0 aliphatic carbocycles. The second-order valence-corrected chi connectivity index (χ2v) is 7.36. The minimum absolute atomic E-state index is 0.0488. The zero-order valence-corrected chi connectivity index (χ0v) is 13.5. The Morgan fingerprint density at radius 1 is 0.789 bits per heavy atom. The average molecular weight is 270 g/mol. The number of hydrogen-bond acceptors (Lipinski definition) is 3. The van der Waals surface area contributed by atoms with Crippen LogP contribution in [0.4, 0.5) is 0 Å². The maximum Gasteiger partial charge on any atom is 0.0726 e. The average Bonchev–Trinajstić information content (AvgIpc) is 2.36. The quantitative estimate of drug-likeness (QED) is 0.740. The summed E-state index contributed by atoms with van der Waals surface area (Å²) in [6, 6.07) is 0. The van der Waals surface area contributed by atoms with Crippen LogP contribution in [-0.2, 0) is 14.2 Å². The molecule has 2 saturated heterocycles. The fourth-order valence-electron chi connectivity index (χ4n) is 3.26. The van der Waals surface area contributed by atoms with Crippen LogP contribution >= 0.6 is 0 Å². The first-order valence-corrected chi connectivity index (χ1v) is 7.60. The van der Waals surface area contributed by atoms with Gasteiger partial charge in [0.15, 0.2) is 0 Å². The molecule has 112 valence electrons. The van der Waals surface area contributed by atoms with Crippen LogP contribution < -0.4 is 0 Å². The van der Waals surface area contributed by atoms with Crippen molar-refractivity contribution in [1.29, 1.82) is 0 Å². The summed E-state index contributed by atoms with van der Waals surface area (Å²) in [5.41, 5.74) is 0.285. The van der Waals surface area contributed by atoms with E-state index in [1.807, 2.05) is 0 Å². The molecule has 2 fully saturated rings. The highest BCUT2D eigenvalue weighted by molar-refractivity contribution is 5.03. The lowest BCUT2D eigenvalue weighted by atomic mass is 9.67. The standard InChI is InChI=1S/C16H30O3/c1-7-15(11-18-13(15,3)4)9-17-10-16(8-2)12-19-14(16,5)6/h7-12H2,1-6H3. The van der Waals surface area contributed by atoms with Gasteiger partial charge in [0.2, 0.25) is 0 Å². The summed E-state index contributed by atoms with van der Waals surface area (Å²) >= 11 is 0. The van der Waals surface area contributed by atoms with Crippen LogP contribution in [-0.4, -0.2) is 37.6 Å². The summed E-state index contributed by atoms with van der Waals surface area (Å²) in [6.45, 7) is 16.4. The molecular weight excluding hydrogens is 240 g/mol. The third-order valence-electron chi connectivity index (χ3n) is 6.08. The van der Waals surface area contributed by atoms with E-state index >= 15 is 0 Å². The molecule has 2 unspecified atom stereocenters. The van der Waals surface area contributed by atoms with E-state index in [0.717, 1.165) is 39.3 Å². The van der Waals surface area contributed by atoms with E-state index in [4.69, 9.17) is 14.2 Å². The Morgan fingerprint density at radius 3 is 1.32 bits per heavy atom. The highest BCUT2D eigenvalue weighted by Gasteiger charge is 2.56. The van der Waals surface area contributed by atoms with E-state index in [1.54, 1.807) is 0 Å². The molecule has 0 aromatic carbocycles. The van der Waals surface area contributed by atoms with E-state index in [9.17, 15) is 0 Å². The highest BCUT2D eigenvalue weighted by atomic mass is 16.6. The lowest BCUT2D eigenvalue weighted by Gasteiger charge is -2.57. The van der Waals surface area contributed by atoms with Crippen LogP contribution in [0.15, 0.2) is 0 Å². The number of hydrogen-bond donors (Lipinski definition) is 0. The predicted octanol–water partition coefficient (Wildman–Crippen LogP) is 3.41. The molecule has 0 N–H and O–H groups in total. The molecule has 0 amide bonds. The lowest BCUT2D eigenvalue weighted by Crippen LogP contribution is -2.64. The van der Waals surface area contributed by atoms with Crippen molar-refractivity contribution in [3.63, 3.8) is 0 Å². The summed E-state index contributed by atoms with van der Waals surface area (Å²) in [5.74, 6) is 0. The molecule has 0 radical (unpaired) electrons. The first-order valence-electron chi connectivity index (χ1n) is 7.60. The summed E-state index contributed by atoms with van der Waals surface area (Å²) in [7, 11) is 0. The van der Waals surface area contributed by atoms with E-state index in [-0.39, 0.29) is 22.0 Å². The van der Waals surface area contributed by atoms with Gasteiger partial charge in [-0.1, -0.05) is 13.8 Å².